The zero-order valence-corrected chi connectivity index (χ0v) is 15.4. The summed E-state index contributed by atoms with van der Waals surface area (Å²) >= 11 is 0. The molecule has 0 aromatic heterocycles. The number of hydrogen-bond acceptors (Lipinski definition) is 3. The van der Waals surface area contributed by atoms with E-state index in [-0.39, 0.29) is 17.8 Å². The van der Waals surface area contributed by atoms with Crippen molar-refractivity contribution in [3.05, 3.63) is 76.7 Å². The summed E-state index contributed by atoms with van der Waals surface area (Å²) in [4.78, 5) is 26.8. The molecule has 28 heavy (non-hydrogen) atoms. The summed E-state index contributed by atoms with van der Waals surface area (Å²) in [5.74, 6) is 0.302. The van der Waals surface area contributed by atoms with Gasteiger partial charge in [0.15, 0.2) is 0 Å². The second-order valence-corrected chi connectivity index (χ2v) is 6.80. The van der Waals surface area contributed by atoms with Crippen molar-refractivity contribution in [2.75, 3.05) is 20.2 Å². The number of urea groups is 1. The number of rotatable bonds is 5. The maximum absolute atomic E-state index is 13.3. The summed E-state index contributed by atoms with van der Waals surface area (Å²) in [6, 6.07) is 12.6. The minimum absolute atomic E-state index is 0.120. The fourth-order valence-electron chi connectivity index (χ4n) is 3.57. The van der Waals surface area contributed by atoms with E-state index in [9.17, 15) is 14.0 Å². The Morgan fingerprint density at radius 3 is 2.50 bits per heavy atom. The van der Waals surface area contributed by atoms with Crippen molar-refractivity contribution < 1.29 is 18.7 Å². The van der Waals surface area contributed by atoms with E-state index < -0.39 is 6.04 Å². The van der Waals surface area contributed by atoms with E-state index in [4.69, 9.17) is 4.74 Å². The first-order chi connectivity index (χ1) is 13.5. The molecule has 0 saturated carbocycles. The number of carbonyl (C=O) groups is 2. The third kappa shape index (κ3) is 3.43. The molecule has 2 aliphatic heterocycles. The quantitative estimate of drug-likeness (QED) is 0.836. The van der Waals surface area contributed by atoms with Gasteiger partial charge in [0.25, 0.3) is 5.91 Å². The molecule has 2 N–H and O–H groups in total. The van der Waals surface area contributed by atoms with Crippen molar-refractivity contribution >= 4 is 11.9 Å². The number of hydrogen-bond donors (Lipinski definition) is 2. The topological polar surface area (TPSA) is 70.7 Å². The molecule has 1 atom stereocenters. The summed E-state index contributed by atoms with van der Waals surface area (Å²) in [7, 11) is 1.62. The van der Waals surface area contributed by atoms with Gasteiger partial charge in [-0.15, -0.1) is 0 Å². The van der Waals surface area contributed by atoms with Crippen LogP contribution >= 0.6 is 0 Å². The van der Waals surface area contributed by atoms with Crippen LogP contribution in [0.4, 0.5) is 9.18 Å². The molecule has 0 saturated heterocycles. The lowest BCUT2D eigenvalue weighted by molar-refractivity contribution is -0.125. The van der Waals surface area contributed by atoms with Crippen LogP contribution in [0.2, 0.25) is 0 Å². The number of halogens is 1. The first-order valence-electron chi connectivity index (χ1n) is 9.03. The fourth-order valence-corrected chi connectivity index (χ4v) is 3.57. The van der Waals surface area contributed by atoms with Crippen LogP contribution in [0.15, 0.2) is 59.8 Å². The van der Waals surface area contributed by atoms with E-state index >= 15 is 0 Å². The van der Waals surface area contributed by atoms with Crippen molar-refractivity contribution in [2.45, 2.75) is 12.5 Å². The first kappa shape index (κ1) is 18.0. The number of carbonyl (C=O) groups excluding carboxylic acids is 2. The van der Waals surface area contributed by atoms with E-state index in [2.05, 4.69) is 10.6 Å². The first-order valence-corrected chi connectivity index (χ1v) is 9.03. The fraction of sp³-hybridized carbons (Fsp3) is 0.238. The van der Waals surface area contributed by atoms with Crippen LogP contribution in [0, 0.1) is 5.82 Å². The molecule has 0 fully saturated rings. The zero-order chi connectivity index (χ0) is 19.7. The Hall–Kier alpha value is -3.35. The van der Waals surface area contributed by atoms with Gasteiger partial charge in [0.1, 0.15) is 11.6 Å². The van der Waals surface area contributed by atoms with Crippen LogP contribution in [-0.2, 0) is 11.2 Å². The van der Waals surface area contributed by atoms with Crippen LogP contribution in [-0.4, -0.2) is 37.0 Å². The van der Waals surface area contributed by atoms with Crippen LogP contribution in [0.1, 0.15) is 17.2 Å². The number of methoxy groups -OCH3 is 1. The van der Waals surface area contributed by atoms with Crippen molar-refractivity contribution in [1.82, 2.24) is 15.5 Å². The molecule has 4 rings (SSSR count). The highest BCUT2D eigenvalue weighted by atomic mass is 19.1. The van der Waals surface area contributed by atoms with E-state index in [0.717, 1.165) is 11.3 Å². The van der Waals surface area contributed by atoms with Crippen LogP contribution in [0.5, 0.6) is 5.75 Å². The highest BCUT2D eigenvalue weighted by Crippen LogP contribution is 2.32. The van der Waals surface area contributed by atoms with Crippen LogP contribution in [0.25, 0.3) is 0 Å². The van der Waals surface area contributed by atoms with Gasteiger partial charge in [0.2, 0.25) is 0 Å². The van der Waals surface area contributed by atoms with Gasteiger partial charge in [0, 0.05) is 6.54 Å². The van der Waals surface area contributed by atoms with Gasteiger partial charge in [-0.1, -0.05) is 24.3 Å². The van der Waals surface area contributed by atoms with Crippen LogP contribution < -0.4 is 15.4 Å². The normalized spacial score (nSPS) is 18.6. The molecule has 0 aliphatic carbocycles. The Labute approximate surface area is 162 Å². The van der Waals surface area contributed by atoms with E-state index in [1.165, 1.54) is 12.1 Å². The zero-order valence-electron chi connectivity index (χ0n) is 15.4. The van der Waals surface area contributed by atoms with E-state index in [1.807, 2.05) is 24.3 Å². The van der Waals surface area contributed by atoms with Gasteiger partial charge >= 0.3 is 6.03 Å². The molecular weight excluding hydrogens is 361 g/mol. The Bertz CT molecular complexity index is 938. The summed E-state index contributed by atoms with van der Waals surface area (Å²) < 4.78 is 18.4. The standard InChI is InChI=1S/C21H20FN3O3/c1-28-16-8-2-13(3-9-16)10-11-25-12-17-18(20(25)26)19(24-21(27)23-17)14-4-6-15(22)7-5-14/h2-9,19H,10-12H2,1H3,(H2,23,24,27)/t19-/m0/s1. The predicted octanol–water partition coefficient (Wildman–Crippen LogP) is 2.53. The van der Waals surface area contributed by atoms with Gasteiger partial charge in [0.05, 0.1) is 31.0 Å². The molecule has 144 valence electrons. The van der Waals surface area contributed by atoms with Crippen molar-refractivity contribution in [2.24, 2.45) is 0 Å². The predicted molar refractivity (Wildman–Crippen MR) is 101 cm³/mol. The molecule has 2 heterocycles. The van der Waals surface area contributed by atoms with Gasteiger partial charge < -0.3 is 20.3 Å². The maximum atomic E-state index is 13.3. The molecule has 0 unspecified atom stereocenters. The highest BCUT2D eigenvalue weighted by Gasteiger charge is 2.40. The molecule has 2 aromatic carbocycles. The lowest BCUT2D eigenvalue weighted by Crippen LogP contribution is -2.44. The second kappa shape index (κ2) is 7.34. The number of nitrogens with zero attached hydrogens (tertiary/aromatic N) is 1. The Morgan fingerprint density at radius 2 is 1.82 bits per heavy atom. The number of nitrogens with one attached hydrogen (secondary N) is 2. The minimum Gasteiger partial charge on any atom is -0.497 e. The third-order valence-corrected chi connectivity index (χ3v) is 5.05. The van der Waals surface area contributed by atoms with E-state index in [1.54, 1.807) is 24.1 Å². The average molecular weight is 381 g/mol. The maximum Gasteiger partial charge on any atom is 0.319 e. The van der Waals surface area contributed by atoms with Crippen molar-refractivity contribution in [3.63, 3.8) is 0 Å². The second-order valence-electron chi connectivity index (χ2n) is 6.80. The monoisotopic (exact) mass is 381 g/mol. The lowest BCUT2D eigenvalue weighted by atomic mass is 9.96. The lowest BCUT2D eigenvalue weighted by Gasteiger charge is -2.25. The number of benzene rings is 2. The summed E-state index contributed by atoms with van der Waals surface area (Å²) in [5, 5.41) is 5.51. The molecule has 2 aliphatic rings. The van der Waals surface area contributed by atoms with Crippen LogP contribution in [0.3, 0.4) is 0 Å². The summed E-state index contributed by atoms with van der Waals surface area (Å²) in [6.07, 6.45) is 0.693. The minimum atomic E-state index is -0.581. The van der Waals surface area contributed by atoms with Gasteiger partial charge in [-0.25, -0.2) is 9.18 Å². The van der Waals surface area contributed by atoms with Gasteiger partial charge in [-0.2, -0.15) is 0 Å². The number of amides is 3. The Morgan fingerprint density at radius 1 is 1.11 bits per heavy atom. The summed E-state index contributed by atoms with van der Waals surface area (Å²) in [6.45, 7) is 0.888. The van der Waals surface area contributed by atoms with Crippen molar-refractivity contribution in [3.8, 4) is 5.75 Å². The van der Waals surface area contributed by atoms with Gasteiger partial charge in [-0.3, -0.25) is 4.79 Å². The molecule has 7 heteroatoms. The smallest absolute Gasteiger partial charge is 0.319 e. The highest BCUT2D eigenvalue weighted by molar-refractivity contribution is 6.01. The molecule has 6 nitrogen and oxygen atoms in total. The van der Waals surface area contributed by atoms with E-state index in [0.29, 0.717) is 36.3 Å². The average Bonchev–Trinajstić information content (AvgIpc) is 3.02. The van der Waals surface area contributed by atoms with Crippen molar-refractivity contribution in [1.29, 1.82) is 0 Å². The van der Waals surface area contributed by atoms with Gasteiger partial charge in [-0.05, 0) is 41.8 Å². The molecule has 2 aromatic rings. The number of ether oxygens (including phenoxy) is 1. The Balaban J connectivity index is 1.50. The molecule has 0 bridgehead atoms. The largest absolute Gasteiger partial charge is 0.497 e. The molecule has 0 spiro atoms. The summed E-state index contributed by atoms with van der Waals surface area (Å²) in [5.41, 5.74) is 2.89. The molecule has 3 amide bonds. The SMILES string of the molecule is COc1ccc(CCN2CC3=C(C2=O)[C@H](c2ccc(F)cc2)NC(=O)N3)cc1. The molecule has 0 radical (unpaired) electrons. The Kier molecular flexibility index (Phi) is 4.73. The third-order valence-electron chi connectivity index (χ3n) is 5.05. The molecular formula is C21H20FN3O3.